The Morgan fingerprint density at radius 3 is 2.71 bits per heavy atom. The van der Waals surface area contributed by atoms with Gasteiger partial charge in [0.15, 0.2) is 5.78 Å². The standard InChI is InChI=1S/C10H9BrClFO/c11-8(5-6-12)10(14)7-3-1-2-4-9(7)13/h1-4,8H,5-6H2. The maximum absolute atomic E-state index is 13.2. The molecular weight excluding hydrogens is 270 g/mol. The number of hydrogen-bond donors (Lipinski definition) is 0. The van der Waals surface area contributed by atoms with E-state index < -0.39 is 10.6 Å². The Kier molecular flexibility index (Phi) is 4.55. The summed E-state index contributed by atoms with van der Waals surface area (Å²) in [5.74, 6) is -0.379. The largest absolute Gasteiger partial charge is 0.293 e. The molecule has 0 aromatic heterocycles. The summed E-state index contributed by atoms with van der Waals surface area (Å²) in [6, 6.07) is 5.93. The maximum Gasteiger partial charge on any atom is 0.179 e. The number of ketones is 1. The molecular formula is C10H9BrClFO. The van der Waals surface area contributed by atoms with Crippen molar-refractivity contribution in [1.29, 1.82) is 0 Å². The van der Waals surface area contributed by atoms with Crippen LogP contribution in [0, 0.1) is 5.82 Å². The van der Waals surface area contributed by atoms with Crippen molar-refractivity contribution >= 4 is 33.3 Å². The van der Waals surface area contributed by atoms with E-state index in [1.165, 1.54) is 12.1 Å². The van der Waals surface area contributed by atoms with Crippen LogP contribution in [0.15, 0.2) is 24.3 Å². The van der Waals surface area contributed by atoms with Crippen LogP contribution in [0.4, 0.5) is 4.39 Å². The normalized spacial score (nSPS) is 12.5. The molecule has 0 aliphatic carbocycles. The van der Waals surface area contributed by atoms with Crippen LogP contribution in [0.3, 0.4) is 0 Å². The van der Waals surface area contributed by atoms with Crippen molar-refractivity contribution in [1.82, 2.24) is 0 Å². The highest BCUT2D eigenvalue weighted by Crippen LogP contribution is 2.16. The van der Waals surface area contributed by atoms with Crippen LogP contribution in [0.25, 0.3) is 0 Å². The van der Waals surface area contributed by atoms with Crippen molar-refractivity contribution in [2.45, 2.75) is 11.2 Å². The summed E-state index contributed by atoms with van der Waals surface area (Å²) >= 11 is 8.67. The molecule has 0 heterocycles. The molecule has 1 aromatic carbocycles. The van der Waals surface area contributed by atoms with E-state index in [2.05, 4.69) is 15.9 Å². The molecule has 0 saturated carbocycles. The van der Waals surface area contributed by atoms with Crippen LogP contribution in [0.1, 0.15) is 16.8 Å². The third-order valence-electron chi connectivity index (χ3n) is 1.79. The summed E-state index contributed by atoms with van der Waals surface area (Å²) in [6.07, 6.45) is 0.495. The zero-order chi connectivity index (χ0) is 10.6. The molecule has 4 heteroatoms. The van der Waals surface area contributed by atoms with E-state index in [0.717, 1.165) is 0 Å². The van der Waals surface area contributed by atoms with Gasteiger partial charge in [0.05, 0.1) is 10.4 Å². The molecule has 1 unspecified atom stereocenters. The lowest BCUT2D eigenvalue weighted by Gasteiger charge is -2.07. The van der Waals surface area contributed by atoms with Crippen LogP contribution in [-0.2, 0) is 0 Å². The van der Waals surface area contributed by atoms with Gasteiger partial charge in [-0.25, -0.2) is 4.39 Å². The first-order valence-electron chi connectivity index (χ1n) is 4.15. The molecule has 0 aliphatic rings. The lowest BCUT2D eigenvalue weighted by molar-refractivity contribution is 0.0986. The van der Waals surface area contributed by atoms with Crippen molar-refractivity contribution < 1.29 is 9.18 Å². The topological polar surface area (TPSA) is 17.1 Å². The summed E-state index contributed by atoms with van der Waals surface area (Å²) in [5.41, 5.74) is 0.111. The molecule has 0 amide bonds. The van der Waals surface area contributed by atoms with E-state index in [4.69, 9.17) is 11.6 Å². The van der Waals surface area contributed by atoms with Gasteiger partial charge in [0.1, 0.15) is 5.82 Å². The molecule has 0 saturated heterocycles. The van der Waals surface area contributed by atoms with Crippen LogP contribution >= 0.6 is 27.5 Å². The van der Waals surface area contributed by atoms with Crippen molar-refractivity contribution in [3.05, 3.63) is 35.6 Å². The van der Waals surface area contributed by atoms with Crippen LogP contribution in [0.5, 0.6) is 0 Å². The molecule has 76 valence electrons. The lowest BCUT2D eigenvalue weighted by Crippen LogP contribution is -2.16. The summed E-state index contributed by atoms with van der Waals surface area (Å²) in [5, 5.41) is 0. The van der Waals surface area contributed by atoms with Crippen molar-refractivity contribution in [2.24, 2.45) is 0 Å². The predicted molar refractivity (Wildman–Crippen MR) is 58.8 cm³/mol. The number of benzene rings is 1. The molecule has 0 aliphatic heterocycles. The first kappa shape index (κ1) is 11.7. The van der Waals surface area contributed by atoms with Crippen LogP contribution < -0.4 is 0 Å². The van der Waals surface area contributed by atoms with E-state index in [1.54, 1.807) is 12.1 Å². The fourth-order valence-corrected chi connectivity index (χ4v) is 2.01. The van der Waals surface area contributed by atoms with Gasteiger partial charge >= 0.3 is 0 Å². The lowest BCUT2D eigenvalue weighted by atomic mass is 10.1. The second-order valence-electron chi connectivity index (χ2n) is 2.79. The zero-order valence-corrected chi connectivity index (χ0v) is 9.69. The summed E-state index contributed by atoms with van der Waals surface area (Å²) in [4.78, 5) is 11.2. The average molecular weight is 280 g/mol. The van der Waals surface area contributed by atoms with E-state index in [0.29, 0.717) is 12.3 Å². The zero-order valence-electron chi connectivity index (χ0n) is 7.34. The smallest absolute Gasteiger partial charge is 0.179 e. The van der Waals surface area contributed by atoms with Gasteiger partial charge in [0, 0.05) is 5.88 Å². The number of alkyl halides is 2. The Labute approximate surface area is 95.4 Å². The summed E-state index contributed by atoms with van der Waals surface area (Å²) < 4.78 is 13.2. The Morgan fingerprint density at radius 1 is 1.50 bits per heavy atom. The third kappa shape index (κ3) is 2.79. The molecule has 0 fully saturated rings. The van der Waals surface area contributed by atoms with Gasteiger partial charge in [-0.05, 0) is 18.6 Å². The van der Waals surface area contributed by atoms with E-state index >= 15 is 0 Å². The van der Waals surface area contributed by atoms with Gasteiger partial charge in [-0.3, -0.25) is 4.79 Å². The number of Topliss-reactive ketones (excluding diaryl/α,β-unsaturated/α-hetero) is 1. The Hall–Kier alpha value is -0.410. The van der Waals surface area contributed by atoms with E-state index in [9.17, 15) is 9.18 Å². The third-order valence-corrected chi connectivity index (χ3v) is 2.88. The molecule has 0 N–H and O–H groups in total. The number of carbonyl (C=O) groups is 1. The molecule has 0 bridgehead atoms. The molecule has 1 nitrogen and oxygen atoms in total. The SMILES string of the molecule is O=C(c1ccccc1F)C(Br)CCCl. The highest BCUT2D eigenvalue weighted by Gasteiger charge is 2.18. The minimum absolute atomic E-state index is 0.111. The van der Waals surface area contributed by atoms with E-state index in [1.807, 2.05) is 0 Å². The second-order valence-corrected chi connectivity index (χ2v) is 4.27. The van der Waals surface area contributed by atoms with Gasteiger partial charge in [-0.15, -0.1) is 11.6 Å². The molecule has 14 heavy (non-hydrogen) atoms. The van der Waals surface area contributed by atoms with Crippen LogP contribution in [0.2, 0.25) is 0 Å². The number of halogens is 3. The molecule has 1 rings (SSSR count). The maximum atomic E-state index is 13.2. The Balaban J connectivity index is 2.84. The fourth-order valence-electron chi connectivity index (χ4n) is 1.06. The molecule has 1 atom stereocenters. The highest BCUT2D eigenvalue weighted by molar-refractivity contribution is 9.10. The van der Waals surface area contributed by atoms with E-state index in [-0.39, 0.29) is 11.3 Å². The van der Waals surface area contributed by atoms with Crippen LogP contribution in [-0.4, -0.2) is 16.5 Å². The molecule has 0 radical (unpaired) electrons. The molecule has 1 aromatic rings. The van der Waals surface area contributed by atoms with Crippen molar-refractivity contribution in [3.63, 3.8) is 0 Å². The Bertz CT molecular complexity index is 330. The highest BCUT2D eigenvalue weighted by atomic mass is 79.9. The number of rotatable bonds is 4. The summed E-state index contributed by atoms with van der Waals surface area (Å²) in [6.45, 7) is 0. The number of carbonyl (C=O) groups excluding carboxylic acids is 1. The summed E-state index contributed by atoms with van der Waals surface area (Å²) in [7, 11) is 0. The van der Waals surface area contributed by atoms with Gasteiger partial charge in [-0.2, -0.15) is 0 Å². The molecule has 0 spiro atoms. The van der Waals surface area contributed by atoms with Gasteiger partial charge in [-0.1, -0.05) is 28.1 Å². The number of hydrogen-bond acceptors (Lipinski definition) is 1. The fraction of sp³-hybridized carbons (Fsp3) is 0.300. The van der Waals surface area contributed by atoms with Crippen molar-refractivity contribution in [3.8, 4) is 0 Å². The average Bonchev–Trinajstić information content (AvgIpc) is 2.18. The first-order chi connectivity index (χ1) is 6.66. The minimum atomic E-state index is -0.489. The second kappa shape index (κ2) is 5.47. The Morgan fingerprint density at radius 2 is 2.14 bits per heavy atom. The predicted octanol–water partition coefficient (Wildman–Crippen LogP) is 3.40. The van der Waals surface area contributed by atoms with Crippen molar-refractivity contribution in [2.75, 3.05) is 5.88 Å². The first-order valence-corrected chi connectivity index (χ1v) is 5.60. The minimum Gasteiger partial charge on any atom is -0.293 e. The van der Waals surface area contributed by atoms with Gasteiger partial charge in [0.25, 0.3) is 0 Å². The quantitative estimate of drug-likeness (QED) is 0.610. The van der Waals surface area contributed by atoms with Gasteiger partial charge in [0.2, 0.25) is 0 Å². The monoisotopic (exact) mass is 278 g/mol. The van der Waals surface area contributed by atoms with Gasteiger partial charge < -0.3 is 0 Å².